The van der Waals surface area contributed by atoms with Gasteiger partial charge in [0.05, 0.1) is 0 Å². The van der Waals surface area contributed by atoms with E-state index >= 15 is 0 Å². The molecule has 0 saturated carbocycles. The van der Waals surface area contributed by atoms with Crippen LogP contribution >= 0.6 is 11.6 Å². The third-order valence-corrected chi connectivity index (χ3v) is 4.87. The normalized spacial score (nSPS) is 12.3. The zero-order valence-corrected chi connectivity index (χ0v) is 15.3. The Labute approximate surface area is 155 Å². The first-order valence-electron chi connectivity index (χ1n) is 8.83. The monoisotopic (exact) mass is 349 g/mol. The average Bonchev–Trinajstić information content (AvgIpc) is 2.66. The molecule has 128 valence electrons. The third kappa shape index (κ3) is 4.94. The fourth-order valence-corrected chi connectivity index (χ4v) is 3.43. The Kier molecular flexibility index (Phi) is 6.27. The van der Waals surface area contributed by atoms with Gasteiger partial charge in [-0.25, -0.2) is 0 Å². The van der Waals surface area contributed by atoms with Gasteiger partial charge in [-0.2, -0.15) is 0 Å². The van der Waals surface area contributed by atoms with Gasteiger partial charge in [0, 0.05) is 17.0 Å². The SMILES string of the molecule is CC(NCCC(c1ccccc1)c1ccccc1)c1cccc(Cl)c1. The zero-order valence-electron chi connectivity index (χ0n) is 14.5. The molecule has 1 nitrogen and oxygen atoms in total. The van der Waals surface area contributed by atoms with Crippen molar-refractivity contribution in [2.24, 2.45) is 0 Å². The van der Waals surface area contributed by atoms with Gasteiger partial charge in [-0.3, -0.25) is 0 Å². The van der Waals surface area contributed by atoms with Crippen molar-refractivity contribution < 1.29 is 0 Å². The van der Waals surface area contributed by atoms with Crippen LogP contribution in [0.5, 0.6) is 0 Å². The first-order valence-corrected chi connectivity index (χ1v) is 9.20. The molecule has 0 spiro atoms. The second-order valence-corrected chi connectivity index (χ2v) is 6.83. The predicted molar refractivity (Wildman–Crippen MR) is 107 cm³/mol. The van der Waals surface area contributed by atoms with E-state index in [4.69, 9.17) is 11.6 Å². The Hall–Kier alpha value is -2.09. The first-order chi connectivity index (χ1) is 12.2. The van der Waals surface area contributed by atoms with Gasteiger partial charge < -0.3 is 5.32 Å². The number of rotatable bonds is 7. The van der Waals surface area contributed by atoms with Crippen molar-refractivity contribution in [1.29, 1.82) is 0 Å². The van der Waals surface area contributed by atoms with Crippen molar-refractivity contribution in [3.63, 3.8) is 0 Å². The molecule has 1 atom stereocenters. The molecule has 0 aliphatic heterocycles. The quantitative estimate of drug-likeness (QED) is 0.534. The maximum absolute atomic E-state index is 6.11. The summed E-state index contributed by atoms with van der Waals surface area (Å²) in [6.45, 7) is 3.13. The molecule has 0 saturated heterocycles. The van der Waals surface area contributed by atoms with E-state index in [1.807, 2.05) is 18.2 Å². The first kappa shape index (κ1) is 17.7. The molecule has 0 aromatic heterocycles. The lowest BCUT2D eigenvalue weighted by atomic mass is 9.88. The van der Waals surface area contributed by atoms with Crippen LogP contribution in [0.2, 0.25) is 5.02 Å². The highest BCUT2D eigenvalue weighted by Crippen LogP contribution is 2.27. The van der Waals surface area contributed by atoms with Crippen molar-refractivity contribution in [1.82, 2.24) is 5.32 Å². The molecule has 0 amide bonds. The van der Waals surface area contributed by atoms with E-state index in [0.29, 0.717) is 5.92 Å². The number of halogens is 1. The van der Waals surface area contributed by atoms with Crippen molar-refractivity contribution in [3.8, 4) is 0 Å². The Morgan fingerprint density at radius 1 is 0.760 bits per heavy atom. The smallest absolute Gasteiger partial charge is 0.0409 e. The van der Waals surface area contributed by atoms with E-state index < -0.39 is 0 Å². The van der Waals surface area contributed by atoms with Gasteiger partial charge in [0.15, 0.2) is 0 Å². The van der Waals surface area contributed by atoms with Gasteiger partial charge in [-0.1, -0.05) is 84.4 Å². The highest BCUT2D eigenvalue weighted by Gasteiger charge is 2.14. The van der Waals surface area contributed by atoms with Crippen LogP contribution in [-0.4, -0.2) is 6.54 Å². The fourth-order valence-electron chi connectivity index (χ4n) is 3.23. The van der Waals surface area contributed by atoms with E-state index in [1.54, 1.807) is 0 Å². The molecule has 3 aromatic rings. The Balaban J connectivity index is 1.67. The van der Waals surface area contributed by atoms with Gasteiger partial charge >= 0.3 is 0 Å². The molecule has 0 heterocycles. The topological polar surface area (TPSA) is 12.0 Å². The summed E-state index contributed by atoms with van der Waals surface area (Å²) in [7, 11) is 0. The Morgan fingerprint density at radius 2 is 1.32 bits per heavy atom. The van der Waals surface area contributed by atoms with Crippen LogP contribution in [0.4, 0.5) is 0 Å². The van der Waals surface area contributed by atoms with Crippen molar-refractivity contribution in [2.45, 2.75) is 25.3 Å². The van der Waals surface area contributed by atoms with E-state index in [-0.39, 0.29) is 6.04 Å². The lowest BCUT2D eigenvalue weighted by molar-refractivity contribution is 0.540. The molecule has 0 aliphatic rings. The third-order valence-electron chi connectivity index (χ3n) is 4.64. The average molecular weight is 350 g/mol. The number of nitrogens with one attached hydrogen (secondary N) is 1. The second kappa shape index (κ2) is 8.84. The molecule has 3 rings (SSSR count). The molecular weight excluding hydrogens is 326 g/mol. The minimum absolute atomic E-state index is 0.283. The molecule has 0 fully saturated rings. The van der Waals surface area contributed by atoms with E-state index in [0.717, 1.165) is 18.0 Å². The van der Waals surface area contributed by atoms with Crippen molar-refractivity contribution in [2.75, 3.05) is 6.54 Å². The zero-order chi connectivity index (χ0) is 17.5. The van der Waals surface area contributed by atoms with Gasteiger partial charge in [0.25, 0.3) is 0 Å². The second-order valence-electron chi connectivity index (χ2n) is 6.39. The van der Waals surface area contributed by atoms with Crippen LogP contribution in [0.25, 0.3) is 0 Å². The molecular formula is C23H24ClN. The van der Waals surface area contributed by atoms with Gasteiger partial charge in [-0.15, -0.1) is 0 Å². The lowest BCUT2D eigenvalue weighted by Gasteiger charge is -2.20. The highest BCUT2D eigenvalue weighted by molar-refractivity contribution is 6.30. The van der Waals surface area contributed by atoms with Gasteiger partial charge in [0.2, 0.25) is 0 Å². The maximum Gasteiger partial charge on any atom is 0.0409 e. The van der Waals surface area contributed by atoms with Crippen LogP contribution in [0.3, 0.4) is 0 Å². The summed E-state index contributed by atoms with van der Waals surface area (Å²) >= 11 is 6.11. The summed E-state index contributed by atoms with van der Waals surface area (Å²) in [4.78, 5) is 0. The number of hydrogen-bond acceptors (Lipinski definition) is 1. The molecule has 0 bridgehead atoms. The summed E-state index contributed by atoms with van der Waals surface area (Å²) in [6.07, 6.45) is 1.05. The fraction of sp³-hybridized carbons (Fsp3) is 0.217. The number of benzene rings is 3. The highest BCUT2D eigenvalue weighted by atomic mass is 35.5. The van der Waals surface area contributed by atoms with E-state index in [2.05, 4.69) is 79.0 Å². The molecule has 1 N–H and O–H groups in total. The summed E-state index contributed by atoms with van der Waals surface area (Å²) < 4.78 is 0. The Morgan fingerprint density at radius 3 is 1.88 bits per heavy atom. The summed E-state index contributed by atoms with van der Waals surface area (Å²) in [5, 5.41) is 4.43. The molecule has 0 aliphatic carbocycles. The molecule has 1 unspecified atom stereocenters. The summed E-state index contributed by atoms with van der Waals surface area (Å²) in [6, 6.07) is 29.9. The standard InChI is InChI=1S/C23H24ClN/c1-18(21-13-8-14-22(24)17-21)25-16-15-23(19-9-4-2-5-10-19)20-11-6-3-7-12-20/h2-14,17-18,23,25H,15-16H2,1H3. The van der Waals surface area contributed by atoms with E-state index in [9.17, 15) is 0 Å². The molecule has 0 radical (unpaired) electrons. The predicted octanol–water partition coefficient (Wildman–Crippen LogP) is 6.21. The van der Waals surface area contributed by atoms with Crippen LogP contribution in [-0.2, 0) is 0 Å². The minimum atomic E-state index is 0.283. The molecule has 3 aromatic carbocycles. The Bertz CT molecular complexity index is 731. The summed E-state index contributed by atoms with van der Waals surface area (Å²) in [5.41, 5.74) is 3.96. The van der Waals surface area contributed by atoms with Crippen molar-refractivity contribution in [3.05, 3.63) is 107 Å². The van der Waals surface area contributed by atoms with Gasteiger partial charge in [0.1, 0.15) is 0 Å². The lowest BCUT2D eigenvalue weighted by Crippen LogP contribution is -2.21. The van der Waals surface area contributed by atoms with Crippen LogP contribution < -0.4 is 5.32 Å². The number of hydrogen-bond donors (Lipinski definition) is 1. The van der Waals surface area contributed by atoms with Crippen LogP contribution in [0.15, 0.2) is 84.9 Å². The largest absolute Gasteiger partial charge is 0.310 e. The molecule has 25 heavy (non-hydrogen) atoms. The van der Waals surface area contributed by atoms with Crippen molar-refractivity contribution >= 4 is 11.6 Å². The van der Waals surface area contributed by atoms with E-state index in [1.165, 1.54) is 16.7 Å². The minimum Gasteiger partial charge on any atom is -0.310 e. The van der Waals surface area contributed by atoms with Crippen LogP contribution in [0.1, 0.15) is 42.0 Å². The summed E-state index contributed by atoms with van der Waals surface area (Å²) in [5.74, 6) is 0.404. The molecule has 2 heteroatoms. The van der Waals surface area contributed by atoms with Crippen LogP contribution in [0, 0.1) is 0 Å². The maximum atomic E-state index is 6.11. The van der Waals surface area contributed by atoms with Gasteiger partial charge in [-0.05, 0) is 48.7 Å².